The lowest BCUT2D eigenvalue weighted by molar-refractivity contribution is 0.0686. The lowest BCUT2D eigenvalue weighted by Gasteiger charge is -2.12. The first kappa shape index (κ1) is 45.4. The van der Waals surface area contributed by atoms with Crippen molar-refractivity contribution in [1.82, 2.24) is 19.9 Å². The van der Waals surface area contributed by atoms with Gasteiger partial charge in [-0.15, -0.1) is 12.4 Å². The number of hydrogen-bond donors (Lipinski definition) is 5. The Morgan fingerprint density at radius 3 is 1.74 bits per heavy atom. The van der Waals surface area contributed by atoms with Gasteiger partial charge in [-0.1, -0.05) is 55.6 Å². The number of hydrogen-bond acceptors (Lipinski definition) is 11. The van der Waals surface area contributed by atoms with Gasteiger partial charge in [-0.05, 0) is 96.7 Å². The highest BCUT2D eigenvalue weighted by molar-refractivity contribution is 6.28. The number of aromatic nitrogens is 4. The number of nitrogens with zero attached hydrogens (tertiary/aromatic N) is 4. The van der Waals surface area contributed by atoms with Crippen LogP contribution in [0, 0.1) is 13.8 Å². The summed E-state index contributed by atoms with van der Waals surface area (Å²) in [5.41, 5.74) is 11.1. The highest BCUT2D eigenvalue weighted by atomic mass is 35.5. The monoisotopic (exact) mass is 823 g/mol. The second-order valence-corrected chi connectivity index (χ2v) is 12.4. The van der Waals surface area contributed by atoms with Gasteiger partial charge in [0.1, 0.15) is 42.2 Å². The number of halogens is 2. The molecule has 0 fully saturated rings. The van der Waals surface area contributed by atoms with Crippen molar-refractivity contribution in [3.8, 4) is 11.5 Å². The fraction of sp³-hybridized carbons (Fsp3) is 0.116. The highest BCUT2D eigenvalue weighted by Gasteiger charge is 2.08. The van der Waals surface area contributed by atoms with E-state index in [1.165, 1.54) is 12.1 Å². The summed E-state index contributed by atoms with van der Waals surface area (Å²) in [6, 6.07) is 28.1. The molecular weight excluding hydrogens is 781 g/mol. The molecule has 4 aromatic carbocycles. The van der Waals surface area contributed by atoms with Gasteiger partial charge in [-0.2, -0.15) is 0 Å². The molecule has 0 radical (unpaired) electrons. The Bertz CT molecular complexity index is 2330. The zero-order chi connectivity index (χ0) is 41.2. The zero-order valence-electron chi connectivity index (χ0n) is 31.8. The first-order chi connectivity index (χ1) is 27.4. The summed E-state index contributed by atoms with van der Waals surface area (Å²) in [5, 5.41) is 24.3. The van der Waals surface area contributed by atoms with E-state index in [-0.39, 0.29) is 28.8 Å². The number of rotatable bonds is 14. The smallest absolute Gasteiger partial charge is 0.335 e. The van der Waals surface area contributed by atoms with Crippen LogP contribution in [0.5, 0.6) is 11.5 Å². The van der Waals surface area contributed by atoms with Gasteiger partial charge in [0.2, 0.25) is 5.28 Å². The number of aromatic carboxylic acids is 2. The van der Waals surface area contributed by atoms with E-state index in [0.29, 0.717) is 42.8 Å². The molecular formula is C43H43Cl2N7O6. The van der Waals surface area contributed by atoms with Crippen molar-refractivity contribution in [3.05, 3.63) is 174 Å². The molecule has 0 aliphatic rings. The maximum Gasteiger partial charge on any atom is 0.335 e. The molecule has 300 valence electrons. The van der Waals surface area contributed by atoms with Gasteiger partial charge in [0, 0.05) is 48.0 Å². The van der Waals surface area contributed by atoms with Gasteiger partial charge in [-0.3, -0.25) is 0 Å². The molecule has 0 bridgehead atoms. The van der Waals surface area contributed by atoms with E-state index in [1.807, 2.05) is 56.3 Å². The van der Waals surface area contributed by atoms with Crippen molar-refractivity contribution < 1.29 is 29.3 Å². The molecule has 0 amide bonds. The maximum absolute atomic E-state index is 11.1. The molecule has 58 heavy (non-hydrogen) atoms. The van der Waals surface area contributed by atoms with Crippen LogP contribution in [-0.4, -0.2) is 55.3 Å². The number of nitrogens with two attached hydrogens (primary N) is 1. The van der Waals surface area contributed by atoms with Gasteiger partial charge in [-0.25, -0.2) is 29.5 Å². The van der Waals surface area contributed by atoms with E-state index in [4.69, 9.17) is 37.0 Å². The molecule has 0 saturated heterocycles. The summed E-state index contributed by atoms with van der Waals surface area (Å²) in [7, 11) is 0. The third kappa shape index (κ3) is 14.9. The number of aryl methyl sites for hydroxylation is 2. The van der Waals surface area contributed by atoms with Gasteiger partial charge in [0.15, 0.2) is 0 Å². The van der Waals surface area contributed by atoms with Gasteiger partial charge in [0.05, 0.1) is 11.1 Å². The van der Waals surface area contributed by atoms with Crippen LogP contribution in [0.4, 0.5) is 28.7 Å². The largest absolute Gasteiger partial charge is 0.489 e. The molecule has 0 saturated carbocycles. The number of nitrogens with one attached hydrogen (secondary N) is 2. The van der Waals surface area contributed by atoms with Crippen LogP contribution in [0.3, 0.4) is 0 Å². The van der Waals surface area contributed by atoms with E-state index < -0.39 is 11.9 Å². The number of anilines is 5. The van der Waals surface area contributed by atoms with Gasteiger partial charge in [0.25, 0.3) is 0 Å². The Morgan fingerprint density at radius 1 is 0.724 bits per heavy atom. The average Bonchev–Trinajstić information content (AvgIpc) is 3.19. The standard InChI is InChI=1S/C22H21N3O3.C14H14ClN3O.C7H7NO2.ClH/c1-3-11-28-18-8-7-15(2)19(14-18)24-20-9-10-23-21(25-20)13-16-5-4-6-17(12-16)22(26)27;1-3-8-19-11-5-4-10(2)12(9-11)17-13-6-7-16-14(15)18-13;8-6-3-1-2-5(4-6)7(9)10;/h3-10,12,14H,1,11,13H2,2H3,(H,26,27)(H,23,24,25);3-7,9H,1,8H2,2H3,(H,16,17,18);1-4H,8H2,(H,9,10);1H. The van der Waals surface area contributed by atoms with Crippen LogP contribution in [0.1, 0.15) is 43.2 Å². The van der Waals surface area contributed by atoms with Crippen LogP contribution < -0.4 is 25.8 Å². The summed E-state index contributed by atoms with van der Waals surface area (Å²) in [6.07, 6.45) is 7.13. The number of ether oxygens (including phenoxy) is 2. The molecule has 6 rings (SSSR count). The van der Waals surface area contributed by atoms with Crippen LogP contribution in [0.15, 0.2) is 135 Å². The number of benzene rings is 4. The first-order valence-corrected chi connectivity index (χ1v) is 17.8. The fourth-order valence-electron chi connectivity index (χ4n) is 4.86. The van der Waals surface area contributed by atoms with Crippen molar-refractivity contribution in [2.75, 3.05) is 29.6 Å². The Morgan fingerprint density at radius 2 is 1.24 bits per heavy atom. The summed E-state index contributed by atoms with van der Waals surface area (Å²) >= 11 is 5.75. The Balaban J connectivity index is 0.000000258. The fourth-order valence-corrected chi connectivity index (χ4v) is 5.01. The number of carbonyl (C=O) groups is 2. The Hall–Kier alpha value is -6.96. The van der Waals surface area contributed by atoms with Crippen molar-refractivity contribution in [2.45, 2.75) is 20.3 Å². The molecule has 0 unspecified atom stereocenters. The zero-order valence-corrected chi connectivity index (χ0v) is 33.3. The van der Waals surface area contributed by atoms with Crippen molar-refractivity contribution in [2.24, 2.45) is 0 Å². The molecule has 0 aliphatic heterocycles. The van der Waals surface area contributed by atoms with Crippen molar-refractivity contribution in [3.63, 3.8) is 0 Å². The third-order valence-corrected chi connectivity index (χ3v) is 7.86. The van der Waals surface area contributed by atoms with E-state index in [9.17, 15) is 9.59 Å². The normalized spacial score (nSPS) is 9.84. The number of nitrogen functional groups attached to an aromatic ring is 1. The van der Waals surface area contributed by atoms with E-state index in [1.54, 1.807) is 67.0 Å². The summed E-state index contributed by atoms with van der Waals surface area (Å²) in [5.74, 6) is 1.51. The Labute approximate surface area is 347 Å². The third-order valence-electron chi connectivity index (χ3n) is 7.68. The molecule has 13 nitrogen and oxygen atoms in total. The molecule has 6 aromatic rings. The minimum absolute atomic E-state index is 0. The van der Waals surface area contributed by atoms with Crippen LogP contribution in [0.2, 0.25) is 5.28 Å². The predicted octanol–water partition coefficient (Wildman–Crippen LogP) is 9.52. The quantitative estimate of drug-likeness (QED) is 0.0396. The molecule has 2 heterocycles. The van der Waals surface area contributed by atoms with E-state index in [0.717, 1.165) is 39.6 Å². The SMILES string of the molecule is C=CCOc1ccc(C)c(Nc2ccnc(Cc3cccc(C(=O)O)c3)n2)c1.C=CCOc1ccc(C)c(Nc2ccnc(Cl)n2)c1.Cl.Nc1cccc(C(=O)O)c1. The molecule has 2 aromatic heterocycles. The minimum Gasteiger partial charge on any atom is -0.489 e. The van der Waals surface area contributed by atoms with Crippen LogP contribution in [0.25, 0.3) is 0 Å². The van der Waals surface area contributed by atoms with Crippen LogP contribution >= 0.6 is 24.0 Å². The lowest BCUT2D eigenvalue weighted by Crippen LogP contribution is -2.03. The second kappa shape index (κ2) is 23.2. The average molecular weight is 825 g/mol. The maximum atomic E-state index is 11.1. The topological polar surface area (TPSA) is 195 Å². The second-order valence-electron chi connectivity index (χ2n) is 12.1. The Kier molecular flexibility index (Phi) is 18.2. The number of carboxylic acids is 2. The summed E-state index contributed by atoms with van der Waals surface area (Å²) in [4.78, 5) is 38.2. The minimum atomic E-state index is -0.952. The molecule has 0 aliphatic carbocycles. The van der Waals surface area contributed by atoms with Crippen molar-refractivity contribution >= 4 is 64.6 Å². The first-order valence-electron chi connectivity index (χ1n) is 17.4. The lowest BCUT2D eigenvalue weighted by atomic mass is 10.1. The van der Waals surface area contributed by atoms with E-state index >= 15 is 0 Å². The highest BCUT2D eigenvalue weighted by Crippen LogP contribution is 2.26. The summed E-state index contributed by atoms with van der Waals surface area (Å²) < 4.78 is 11.1. The van der Waals surface area contributed by atoms with Gasteiger partial charge < -0.3 is 36.1 Å². The molecule has 15 heteroatoms. The van der Waals surface area contributed by atoms with E-state index in [2.05, 4.69) is 43.7 Å². The van der Waals surface area contributed by atoms with Crippen molar-refractivity contribution in [1.29, 1.82) is 0 Å². The summed E-state index contributed by atoms with van der Waals surface area (Å²) in [6.45, 7) is 12.2. The molecule has 6 N–H and O–H groups in total. The molecule has 0 atom stereocenters. The van der Waals surface area contributed by atoms with Gasteiger partial charge >= 0.3 is 11.9 Å². The predicted molar refractivity (Wildman–Crippen MR) is 231 cm³/mol. The van der Waals surface area contributed by atoms with Crippen LogP contribution in [-0.2, 0) is 6.42 Å². The molecule has 0 spiro atoms. The number of carboxylic acid groups (broad SMARTS) is 2.